The van der Waals surface area contributed by atoms with Crippen molar-refractivity contribution in [3.8, 4) is 5.75 Å². The fourth-order valence-electron chi connectivity index (χ4n) is 3.90. The quantitative estimate of drug-likeness (QED) is 0.345. The molecular formula is C28H32O4. The summed E-state index contributed by atoms with van der Waals surface area (Å²) in [6.07, 6.45) is 2.13. The Kier molecular flexibility index (Phi) is 9.48. The first-order valence-corrected chi connectivity index (χ1v) is 11.1. The van der Waals surface area contributed by atoms with Gasteiger partial charge >= 0.3 is 0 Å². The molecule has 3 atom stereocenters. The van der Waals surface area contributed by atoms with E-state index in [9.17, 15) is 4.79 Å². The van der Waals surface area contributed by atoms with Crippen molar-refractivity contribution in [2.24, 2.45) is 5.92 Å². The molecule has 0 N–H and O–H groups in total. The molecule has 0 radical (unpaired) electrons. The van der Waals surface area contributed by atoms with Gasteiger partial charge in [-0.1, -0.05) is 72.8 Å². The number of methoxy groups -OCH3 is 1. The average Bonchev–Trinajstić information content (AvgIpc) is 2.85. The van der Waals surface area contributed by atoms with Gasteiger partial charge in [0.1, 0.15) is 18.6 Å². The van der Waals surface area contributed by atoms with Crippen LogP contribution in [-0.2, 0) is 33.7 Å². The van der Waals surface area contributed by atoms with E-state index in [1.165, 1.54) is 11.1 Å². The Morgan fingerprint density at radius 2 is 1.34 bits per heavy atom. The fourth-order valence-corrected chi connectivity index (χ4v) is 3.90. The highest BCUT2D eigenvalue weighted by molar-refractivity contribution is 5.50. The fraction of sp³-hybridized carbons (Fsp3) is 0.321. The first-order chi connectivity index (χ1) is 15.7. The van der Waals surface area contributed by atoms with Gasteiger partial charge in [-0.2, -0.15) is 0 Å². The van der Waals surface area contributed by atoms with E-state index in [1.54, 1.807) is 7.11 Å². The van der Waals surface area contributed by atoms with E-state index < -0.39 is 0 Å². The minimum atomic E-state index is -0.145. The van der Waals surface area contributed by atoms with Gasteiger partial charge in [0.15, 0.2) is 0 Å². The van der Waals surface area contributed by atoms with Crippen LogP contribution < -0.4 is 4.74 Å². The predicted molar refractivity (Wildman–Crippen MR) is 127 cm³/mol. The van der Waals surface area contributed by atoms with Gasteiger partial charge in [-0.3, -0.25) is 0 Å². The van der Waals surface area contributed by atoms with E-state index in [2.05, 4.69) is 31.2 Å². The Morgan fingerprint density at radius 1 is 0.750 bits per heavy atom. The summed E-state index contributed by atoms with van der Waals surface area (Å²) in [6, 6.07) is 28.5. The number of hydrogen-bond acceptors (Lipinski definition) is 4. The minimum absolute atomic E-state index is 0.0716. The van der Waals surface area contributed by atoms with E-state index >= 15 is 0 Å². The molecule has 0 unspecified atom stereocenters. The maximum absolute atomic E-state index is 11.1. The second-order valence-electron chi connectivity index (χ2n) is 7.95. The van der Waals surface area contributed by atoms with E-state index in [0.29, 0.717) is 6.61 Å². The van der Waals surface area contributed by atoms with E-state index in [0.717, 1.165) is 30.4 Å². The molecule has 32 heavy (non-hydrogen) atoms. The predicted octanol–water partition coefficient (Wildman–Crippen LogP) is 5.29. The average molecular weight is 433 g/mol. The number of benzene rings is 3. The van der Waals surface area contributed by atoms with Crippen molar-refractivity contribution < 1.29 is 19.0 Å². The van der Waals surface area contributed by atoms with Gasteiger partial charge in [0, 0.05) is 5.92 Å². The second-order valence-corrected chi connectivity index (χ2v) is 7.95. The van der Waals surface area contributed by atoms with Crippen LogP contribution in [0.3, 0.4) is 0 Å². The molecule has 168 valence electrons. The van der Waals surface area contributed by atoms with Gasteiger partial charge in [0.25, 0.3) is 0 Å². The lowest BCUT2D eigenvalue weighted by Gasteiger charge is -2.32. The highest BCUT2D eigenvalue weighted by atomic mass is 16.5. The van der Waals surface area contributed by atoms with Crippen LogP contribution >= 0.6 is 0 Å². The summed E-state index contributed by atoms with van der Waals surface area (Å²) in [7, 11) is 1.66. The van der Waals surface area contributed by atoms with Gasteiger partial charge in [0.2, 0.25) is 0 Å². The molecular weight excluding hydrogens is 400 g/mol. The maximum Gasteiger partial charge on any atom is 0.145 e. The third-order valence-electron chi connectivity index (χ3n) is 5.72. The molecule has 0 amide bonds. The monoisotopic (exact) mass is 432 g/mol. The van der Waals surface area contributed by atoms with E-state index in [-0.39, 0.29) is 24.7 Å². The zero-order valence-electron chi connectivity index (χ0n) is 18.9. The lowest BCUT2D eigenvalue weighted by Crippen LogP contribution is -2.37. The van der Waals surface area contributed by atoms with Crippen LogP contribution in [0.5, 0.6) is 5.75 Å². The van der Waals surface area contributed by atoms with Crippen molar-refractivity contribution in [1.82, 2.24) is 0 Å². The molecule has 0 spiro atoms. The topological polar surface area (TPSA) is 44.8 Å². The second kappa shape index (κ2) is 12.8. The van der Waals surface area contributed by atoms with Crippen LogP contribution in [0.1, 0.15) is 23.6 Å². The zero-order valence-corrected chi connectivity index (χ0v) is 18.9. The highest BCUT2D eigenvalue weighted by Gasteiger charge is 2.29. The summed E-state index contributed by atoms with van der Waals surface area (Å²) >= 11 is 0. The van der Waals surface area contributed by atoms with E-state index in [1.807, 2.05) is 60.7 Å². The molecule has 3 aromatic carbocycles. The molecule has 0 bridgehead atoms. The third kappa shape index (κ3) is 7.33. The summed E-state index contributed by atoms with van der Waals surface area (Å²) in [5.41, 5.74) is 3.50. The molecule has 0 aromatic heterocycles. The van der Waals surface area contributed by atoms with Crippen LogP contribution in [0.2, 0.25) is 0 Å². The SMILES string of the molecule is COc1ccc(CO[C@@H](C)[C@H](Cc2ccccc2)[C@@H](Cc2ccccc2)OCC=O)cc1. The Labute approximate surface area is 191 Å². The minimum Gasteiger partial charge on any atom is -0.497 e. The lowest BCUT2D eigenvalue weighted by atomic mass is 9.86. The van der Waals surface area contributed by atoms with Crippen LogP contribution in [0.4, 0.5) is 0 Å². The Morgan fingerprint density at radius 3 is 1.91 bits per heavy atom. The molecule has 0 saturated heterocycles. The molecule has 4 heteroatoms. The number of rotatable bonds is 13. The molecule has 3 rings (SSSR count). The standard InChI is InChI=1S/C28H32O4/c1-22(32-21-25-13-15-26(30-2)16-14-25)27(19-23-9-5-3-6-10-23)28(31-18-17-29)20-24-11-7-4-8-12-24/h3-17,22,27-28H,18-21H2,1-2H3/t22-,27-,28+/m0/s1. The van der Waals surface area contributed by atoms with Crippen LogP contribution in [0, 0.1) is 5.92 Å². The summed E-state index contributed by atoms with van der Waals surface area (Å²) < 4.78 is 17.6. The summed E-state index contributed by atoms with van der Waals surface area (Å²) in [5.74, 6) is 0.907. The Hall–Kier alpha value is -2.95. The molecule has 0 heterocycles. The normalized spacial score (nSPS) is 13.8. The van der Waals surface area contributed by atoms with Gasteiger partial charge in [-0.25, -0.2) is 0 Å². The molecule has 0 aliphatic carbocycles. The smallest absolute Gasteiger partial charge is 0.145 e. The molecule has 0 saturated carbocycles. The summed E-state index contributed by atoms with van der Waals surface area (Å²) in [4.78, 5) is 11.1. The molecule has 0 aliphatic rings. The molecule has 3 aromatic rings. The maximum atomic E-state index is 11.1. The molecule has 4 nitrogen and oxygen atoms in total. The van der Waals surface area contributed by atoms with Gasteiger partial charge in [0.05, 0.1) is 25.9 Å². The van der Waals surface area contributed by atoms with Gasteiger partial charge in [-0.05, 0) is 48.6 Å². The van der Waals surface area contributed by atoms with Crippen molar-refractivity contribution in [3.63, 3.8) is 0 Å². The Balaban J connectivity index is 1.77. The number of carbonyl (C=O) groups excluding carboxylic acids is 1. The van der Waals surface area contributed by atoms with Crippen LogP contribution in [0.15, 0.2) is 84.9 Å². The number of aldehydes is 1. The third-order valence-corrected chi connectivity index (χ3v) is 5.72. The lowest BCUT2D eigenvalue weighted by molar-refractivity contribution is -0.117. The van der Waals surface area contributed by atoms with Crippen LogP contribution in [-0.4, -0.2) is 32.2 Å². The largest absolute Gasteiger partial charge is 0.497 e. The number of carbonyl (C=O) groups is 1. The van der Waals surface area contributed by atoms with Crippen molar-refractivity contribution in [1.29, 1.82) is 0 Å². The van der Waals surface area contributed by atoms with Gasteiger partial charge < -0.3 is 19.0 Å². The number of ether oxygens (including phenoxy) is 3. The van der Waals surface area contributed by atoms with E-state index in [4.69, 9.17) is 14.2 Å². The number of hydrogen-bond donors (Lipinski definition) is 0. The molecule has 0 fully saturated rings. The zero-order chi connectivity index (χ0) is 22.6. The van der Waals surface area contributed by atoms with Crippen molar-refractivity contribution >= 4 is 6.29 Å². The van der Waals surface area contributed by atoms with Crippen molar-refractivity contribution in [2.45, 2.75) is 38.6 Å². The van der Waals surface area contributed by atoms with Crippen LogP contribution in [0.25, 0.3) is 0 Å². The summed E-state index contributed by atoms with van der Waals surface area (Å²) in [6.45, 7) is 2.68. The highest BCUT2D eigenvalue weighted by Crippen LogP contribution is 2.25. The van der Waals surface area contributed by atoms with Crippen molar-refractivity contribution in [2.75, 3.05) is 13.7 Å². The first-order valence-electron chi connectivity index (χ1n) is 11.1. The first kappa shape index (κ1) is 23.7. The summed E-state index contributed by atoms with van der Waals surface area (Å²) in [5, 5.41) is 0. The van der Waals surface area contributed by atoms with Gasteiger partial charge in [-0.15, -0.1) is 0 Å². The van der Waals surface area contributed by atoms with Crippen molar-refractivity contribution in [3.05, 3.63) is 102 Å². The molecule has 0 aliphatic heterocycles. The Bertz CT molecular complexity index is 909.